The van der Waals surface area contributed by atoms with Gasteiger partial charge in [-0.1, -0.05) is 25.4 Å². The van der Waals surface area contributed by atoms with Crippen LogP contribution in [0.1, 0.15) is 20.3 Å². The first-order valence-corrected chi connectivity index (χ1v) is 9.61. The first-order chi connectivity index (χ1) is 12.8. The third kappa shape index (κ3) is 4.16. The zero-order chi connectivity index (χ0) is 19.6. The molecule has 3 aliphatic heterocycles. The summed E-state index contributed by atoms with van der Waals surface area (Å²) in [5.74, 6) is 0.473. The molecule has 0 aromatic carbocycles. The van der Waals surface area contributed by atoms with Crippen LogP contribution in [0, 0.1) is 11.8 Å². The summed E-state index contributed by atoms with van der Waals surface area (Å²) in [4.78, 5) is 36.5. The highest BCUT2D eigenvalue weighted by Gasteiger charge is 2.49. The van der Waals surface area contributed by atoms with Crippen molar-refractivity contribution in [3.05, 3.63) is 11.1 Å². The lowest BCUT2D eigenvalue weighted by Crippen LogP contribution is -2.58. The van der Waals surface area contributed by atoms with E-state index in [1.807, 2.05) is 0 Å². The van der Waals surface area contributed by atoms with E-state index in [1.165, 1.54) is 7.11 Å². The van der Waals surface area contributed by atoms with E-state index >= 15 is 0 Å². The minimum Gasteiger partial charge on any atom is -0.453 e. The van der Waals surface area contributed by atoms with E-state index < -0.39 is 5.66 Å². The zero-order valence-corrected chi connectivity index (χ0v) is 16.7. The number of nitrogens with zero attached hydrogens (tertiary/aromatic N) is 4. The summed E-state index contributed by atoms with van der Waals surface area (Å²) in [5, 5.41) is 3.43. The van der Waals surface area contributed by atoms with Crippen LogP contribution < -0.4 is 5.32 Å². The van der Waals surface area contributed by atoms with Crippen molar-refractivity contribution in [2.45, 2.75) is 25.9 Å². The number of amides is 3. The molecule has 0 aromatic heterocycles. The summed E-state index contributed by atoms with van der Waals surface area (Å²) in [6, 6.07) is -0.381. The number of rotatable bonds is 5. The maximum atomic E-state index is 12.0. The molecule has 3 aliphatic rings. The van der Waals surface area contributed by atoms with Gasteiger partial charge in [-0.05, 0) is 18.4 Å². The van der Waals surface area contributed by atoms with Gasteiger partial charge in [0.1, 0.15) is 0 Å². The second-order valence-electron chi connectivity index (χ2n) is 7.57. The Morgan fingerprint density at radius 1 is 1.37 bits per heavy atom. The third-order valence-corrected chi connectivity index (χ3v) is 5.41. The molecular weight excluding hydrogens is 370 g/mol. The van der Waals surface area contributed by atoms with Crippen molar-refractivity contribution in [1.82, 2.24) is 15.1 Å². The zero-order valence-electron chi connectivity index (χ0n) is 15.9. The molecule has 9 heteroatoms. The van der Waals surface area contributed by atoms with E-state index in [1.54, 1.807) is 17.2 Å². The van der Waals surface area contributed by atoms with E-state index in [2.05, 4.69) is 34.0 Å². The number of halogens is 1. The summed E-state index contributed by atoms with van der Waals surface area (Å²) in [7, 11) is 1.40. The molecule has 3 amide bonds. The standard InChI is InChI=1S/C18H26ClN5O3/c1-12(2)8-13(11-23-4-6-24(7-5-23)17(26)27-3)18-15(21-16(25)22-18)9-14(19)10-20-18/h9-10,12-13H,4-8,11H2,1-3H3,(H,22,25)/t13-,18?/m1/s1. The summed E-state index contributed by atoms with van der Waals surface area (Å²) < 4.78 is 4.80. The van der Waals surface area contributed by atoms with Crippen LogP contribution >= 0.6 is 11.6 Å². The van der Waals surface area contributed by atoms with Crippen molar-refractivity contribution in [3.8, 4) is 0 Å². The van der Waals surface area contributed by atoms with Gasteiger partial charge >= 0.3 is 12.1 Å². The lowest BCUT2D eigenvalue weighted by molar-refractivity contribution is 0.0779. The smallest absolute Gasteiger partial charge is 0.409 e. The molecule has 0 spiro atoms. The lowest BCUT2D eigenvalue weighted by atomic mass is 9.81. The third-order valence-electron chi connectivity index (χ3n) is 5.21. The predicted octanol–water partition coefficient (Wildman–Crippen LogP) is 2.10. The molecule has 0 aliphatic carbocycles. The second-order valence-corrected chi connectivity index (χ2v) is 8.00. The summed E-state index contributed by atoms with van der Waals surface area (Å²) in [6.07, 6.45) is 3.89. The van der Waals surface area contributed by atoms with Gasteiger partial charge in [0.25, 0.3) is 0 Å². The maximum Gasteiger partial charge on any atom is 0.409 e. The van der Waals surface area contributed by atoms with E-state index in [0.29, 0.717) is 29.8 Å². The van der Waals surface area contributed by atoms with Crippen LogP contribution in [0.2, 0.25) is 0 Å². The number of hydrogen-bond donors (Lipinski definition) is 1. The number of ether oxygens (including phenoxy) is 1. The number of hydrogen-bond acceptors (Lipinski definition) is 5. The topological polar surface area (TPSA) is 86.6 Å². The highest BCUT2D eigenvalue weighted by Crippen LogP contribution is 2.34. The fourth-order valence-electron chi connectivity index (χ4n) is 3.94. The average Bonchev–Trinajstić information content (AvgIpc) is 2.97. The van der Waals surface area contributed by atoms with Crippen LogP contribution in [0.25, 0.3) is 0 Å². The molecule has 148 valence electrons. The van der Waals surface area contributed by atoms with E-state index in [-0.39, 0.29) is 18.0 Å². The van der Waals surface area contributed by atoms with Crippen molar-refractivity contribution in [2.24, 2.45) is 21.8 Å². The average molecular weight is 396 g/mol. The van der Waals surface area contributed by atoms with Crippen LogP contribution in [-0.2, 0) is 4.74 Å². The Balaban J connectivity index is 1.76. The van der Waals surface area contributed by atoms with Crippen LogP contribution in [0.5, 0.6) is 0 Å². The van der Waals surface area contributed by atoms with Crippen molar-refractivity contribution in [2.75, 3.05) is 39.8 Å². The Morgan fingerprint density at radius 3 is 2.70 bits per heavy atom. The highest BCUT2D eigenvalue weighted by molar-refractivity contribution is 6.42. The van der Waals surface area contributed by atoms with Crippen LogP contribution in [0.3, 0.4) is 0 Å². The monoisotopic (exact) mass is 395 g/mol. The normalized spacial score (nSPS) is 26.4. The number of carbonyl (C=O) groups is 2. The Morgan fingerprint density at radius 2 is 2.07 bits per heavy atom. The van der Waals surface area contributed by atoms with E-state index in [0.717, 1.165) is 26.1 Å². The molecule has 2 atom stereocenters. The first-order valence-electron chi connectivity index (χ1n) is 9.23. The molecule has 3 heterocycles. The highest BCUT2D eigenvalue weighted by atomic mass is 35.5. The van der Waals surface area contributed by atoms with Crippen molar-refractivity contribution in [3.63, 3.8) is 0 Å². The largest absolute Gasteiger partial charge is 0.453 e. The number of allylic oxidation sites excluding steroid dienone is 1. The van der Waals surface area contributed by atoms with Gasteiger partial charge in [0.2, 0.25) is 0 Å². The molecule has 1 unspecified atom stereocenters. The Labute approximate surface area is 164 Å². The van der Waals surface area contributed by atoms with Gasteiger partial charge in [0.05, 0.1) is 17.9 Å². The van der Waals surface area contributed by atoms with Gasteiger partial charge < -0.3 is 15.0 Å². The van der Waals surface area contributed by atoms with Gasteiger partial charge in [0.15, 0.2) is 5.66 Å². The fraction of sp³-hybridized carbons (Fsp3) is 0.667. The lowest BCUT2D eigenvalue weighted by Gasteiger charge is -2.41. The summed E-state index contributed by atoms with van der Waals surface area (Å²) in [6.45, 7) is 7.80. The quantitative estimate of drug-likeness (QED) is 0.772. The van der Waals surface area contributed by atoms with Gasteiger partial charge in [-0.25, -0.2) is 9.59 Å². The number of aliphatic imine (C=N–C) groups is 2. The molecule has 8 nitrogen and oxygen atoms in total. The second kappa shape index (κ2) is 7.98. The number of methoxy groups -OCH3 is 1. The van der Waals surface area contributed by atoms with E-state index in [9.17, 15) is 9.59 Å². The number of nitrogens with one attached hydrogen (secondary N) is 1. The molecule has 0 saturated carbocycles. The van der Waals surface area contributed by atoms with Gasteiger partial charge in [-0.15, -0.1) is 0 Å². The molecular formula is C18H26ClN5O3. The molecule has 1 saturated heterocycles. The van der Waals surface area contributed by atoms with Crippen molar-refractivity contribution < 1.29 is 14.3 Å². The maximum absolute atomic E-state index is 12.0. The van der Waals surface area contributed by atoms with Gasteiger partial charge in [-0.3, -0.25) is 9.89 Å². The molecule has 1 fully saturated rings. The minimum absolute atomic E-state index is 0.0460. The summed E-state index contributed by atoms with van der Waals surface area (Å²) >= 11 is 6.09. The number of urea groups is 1. The Kier molecular flexibility index (Phi) is 5.86. The molecule has 1 N–H and O–H groups in total. The van der Waals surface area contributed by atoms with Gasteiger partial charge in [-0.2, -0.15) is 4.99 Å². The predicted molar refractivity (Wildman–Crippen MR) is 104 cm³/mol. The molecule has 3 rings (SSSR count). The van der Waals surface area contributed by atoms with E-state index in [4.69, 9.17) is 16.3 Å². The Hall–Kier alpha value is -1.93. The molecule has 27 heavy (non-hydrogen) atoms. The number of fused-ring (bicyclic) bond motifs is 1. The van der Waals surface area contributed by atoms with Crippen LogP contribution in [0.15, 0.2) is 21.1 Å². The minimum atomic E-state index is -0.862. The number of carbonyl (C=O) groups excluding carboxylic acids is 2. The van der Waals surface area contributed by atoms with Crippen molar-refractivity contribution >= 4 is 35.7 Å². The number of dihydropyridines is 1. The fourth-order valence-corrected chi connectivity index (χ4v) is 4.09. The van der Waals surface area contributed by atoms with Crippen LogP contribution in [-0.4, -0.2) is 79.3 Å². The van der Waals surface area contributed by atoms with Gasteiger partial charge in [0, 0.05) is 44.9 Å². The molecule has 0 bridgehead atoms. The molecule has 0 radical (unpaired) electrons. The number of piperazine rings is 1. The summed E-state index contributed by atoms with van der Waals surface area (Å²) in [5.41, 5.74) is -0.280. The van der Waals surface area contributed by atoms with Crippen molar-refractivity contribution in [1.29, 1.82) is 0 Å². The van der Waals surface area contributed by atoms with Crippen LogP contribution in [0.4, 0.5) is 9.59 Å². The Bertz CT molecular complexity index is 697. The molecule has 0 aromatic rings. The SMILES string of the molecule is COC(=O)N1CCN(C[C@@H](CC(C)C)C23N=CC(Cl)=CC2=NC(=O)N3)CC1. The first kappa shape index (κ1) is 19.8.